The van der Waals surface area contributed by atoms with Crippen LogP contribution in [0.5, 0.6) is 0 Å². The van der Waals surface area contributed by atoms with E-state index in [1.165, 1.54) is 0 Å². The maximum Gasteiger partial charge on any atom is 0.101 e. The van der Waals surface area contributed by atoms with Gasteiger partial charge >= 0.3 is 0 Å². The van der Waals surface area contributed by atoms with Gasteiger partial charge in [0.15, 0.2) is 0 Å². The van der Waals surface area contributed by atoms with E-state index >= 15 is 0 Å². The molecule has 0 saturated carbocycles. The quantitative estimate of drug-likeness (QED) is 0.848. The Labute approximate surface area is 111 Å². The number of nitrogens with two attached hydrogens (primary N) is 1. The standard InChI is InChI=1S/C12H22BrN3O/c1-4-5-16-11(10(13)7-15-16)12(17)9(6-14)8(2)3/h7-9,12,17H,4-6,14H2,1-3H3. The van der Waals surface area contributed by atoms with Crippen LogP contribution in [0.4, 0.5) is 0 Å². The molecule has 1 rings (SSSR count). The second-order valence-electron chi connectivity index (χ2n) is 4.69. The second kappa shape index (κ2) is 6.52. The topological polar surface area (TPSA) is 64.1 Å². The van der Waals surface area contributed by atoms with E-state index in [-0.39, 0.29) is 5.92 Å². The molecule has 0 aliphatic carbocycles. The lowest BCUT2D eigenvalue weighted by Gasteiger charge is -2.26. The lowest BCUT2D eigenvalue weighted by atomic mass is 9.88. The van der Waals surface area contributed by atoms with Gasteiger partial charge in [-0.1, -0.05) is 20.8 Å². The Morgan fingerprint density at radius 2 is 2.18 bits per heavy atom. The van der Waals surface area contributed by atoms with Crippen LogP contribution in [0.15, 0.2) is 10.7 Å². The van der Waals surface area contributed by atoms with E-state index in [1.807, 2.05) is 4.68 Å². The molecule has 0 saturated heterocycles. The summed E-state index contributed by atoms with van der Waals surface area (Å²) < 4.78 is 2.72. The molecule has 1 aromatic rings. The van der Waals surface area contributed by atoms with Gasteiger partial charge in [0.05, 0.1) is 16.4 Å². The van der Waals surface area contributed by atoms with E-state index in [1.54, 1.807) is 6.20 Å². The van der Waals surface area contributed by atoms with Crippen LogP contribution < -0.4 is 5.73 Å². The van der Waals surface area contributed by atoms with Crippen molar-refractivity contribution in [3.8, 4) is 0 Å². The predicted molar refractivity (Wildman–Crippen MR) is 72.6 cm³/mol. The summed E-state index contributed by atoms with van der Waals surface area (Å²) in [5, 5.41) is 14.7. The highest BCUT2D eigenvalue weighted by atomic mass is 79.9. The maximum atomic E-state index is 10.5. The van der Waals surface area contributed by atoms with Crippen molar-refractivity contribution in [1.82, 2.24) is 9.78 Å². The zero-order chi connectivity index (χ0) is 13.0. The summed E-state index contributed by atoms with van der Waals surface area (Å²) in [6.45, 7) is 7.54. The number of nitrogens with zero attached hydrogens (tertiary/aromatic N) is 2. The fourth-order valence-corrected chi connectivity index (χ4v) is 2.56. The number of rotatable bonds is 6. The van der Waals surface area contributed by atoms with Gasteiger partial charge in [0.25, 0.3) is 0 Å². The molecular formula is C12H22BrN3O. The van der Waals surface area contributed by atoms with Crippen LogP contribution in [-0.4, -0.2) is 21.4 Å². The highest BCUT2D eigenvalue weighted by Gasteiger charge is 2.27. The minimum absolute atomic E-state index is 0.0543. The Hall–Kier alpha value is -0.390. The van der Waals surface area contributed by atoms with Gasteiger partial charge in [0, 0.05) is 12.5 Å². The highest BCUT2D eigenvalue weighted by Crippen LogP contribution is 2.32. The number of aliphatic hydroxyl groups excluding tert-OH is 1. The molecule has 3 N–H and O–H groups in total. The highest BCUT2D eigenvalue weighted by molar-refractivity contribution is 9.10. The summed E-state index contributed by atoms with van der Waals surface area (Å²) in [6, 6.07) is 0. The third kappa shape index (κ3) is 3.30. The summed E-state index contributed by atoms with van der Waals surface area (Å²) in [6.07, 6.45) is 2.16. The first-order valence-corrected chi connectivity index (χ1v) is 6.91. The Kier molecular flexibility index (Phi) is 5.62. The predicted octanol–water partition coefficient (Wildman–Crippen LogP) is 2.32. The summed E-state index contributed by atoms with van der Waals surface area (Å²) in [5.41, 5.74) is 6.59. The summed E-state index contributed by atoms with van der Waals surface area (Å²) in [5.74, 6) is 0.394. The van der Waals surface area contributed by atoms with Crippen LogP contribution in [0.3, 0.4) is 0 Å². The summed E-state index contributed by atoms with van der Waals surface area (Å²) in [7, 11) is 0. The number of hydrogen-bond donors (Lipinski definition) is 2. The van der Waals surface area contributed by atoms with E-state index in [0.29, 0.717) is 12.5 Å². The van der Waals surface area contributed by atoms with E-state index in [4.69, 9.17) is 5.73 Å². The molecule has 0 amide bonds. The first kappa shape index (κ1) is 14.7. The molecule has 17 heavy (non-hydrogen) atoms. The Balaban J connectivity index is 3.00. The largest absolute Gasteiger partial charge is 0.386 e. The fraction of sp³-hybridized carbons (Fsp3) is 0.750. The normalized spacial score (nSPS) is 15.2. The van der Waals surface area contributed by atoms with Crippen LogP contribution in [0, 0.1) is 11.8 Å². The van der Waals surface area contributed by atoms with E-state index < -0.39 is 6.10 Å². The Morgan fingerprint density at radius 3 is 2.65 bits per heavy atom. The van der Waals surface area contributed by atoms with Crippen molar-refractivity contribution in [2.45, 2.75) is 39.8 Å². The minimum Gasteiger partial charge on any atom is -0.386 e. The molecule has 1 aromatic heterocycles. The van der Waals surface area contributed by atoms with Crippen LogP contribution in [0.25, 0.3) is 0 Å². The first-order chi connectivity index (χ1) is 8.02. The number of aliphatic hydroxyl groups is 1. The zero-order valence-corrected chi connectivity index (χ0v) is 12.3. The molecular weight excluding hydrogens is 282 g/mol. The number of aryl methyl sites for hydroxylation is 1. The Bertz CT molecular complexity index is 352. The smallest absolute Gasteiger partial charge is 0.101 e. The van der Waals surface area contributed by atoms with Crippen LogP contribution in [0.2, 0.25) is 0 Å². The average molecular weight is 304 g/mol. The van der Waals surface area contributed by atoms with Crippen molar-refractivity contribution in [3.63, 3.8) is 0 Å². The second-order valence-corrected chi connectivity index (χ2v) is 5.54. The molecule has 0 aromatic carbocycles. The van der Waals surface area contributed by atoms with Gasteiger partial charge in [-0.2, -0.15) is 5.10 Å². The maximum absolute atomic E-state index is 10.5. The van der Waals surface area contributed by atoms with Gasteiger partial charge in [-0.25, -0.2) is 0 Å². The summed E-state index contributed by atoms with van der Waals surface area (Å²) in [4.78, 5) is 0. The van der Waals surface area contributed by atoms with Crippen molar-refractivity contribution in [2.75, 3.05) is 6.54 Å². The van der Waals surface area contributed by atoms with Gasteiger partial charge < -0.3 is 10.8 Å². The molecule has 98 valence electrons. The van der Waals surface area contributed by atoms with E-state index in [0.717, 1.165) is 23.1 Å². The molecule has 0 aliphatic heterocycles. The van der Waals surface area contributed by atoms with Gasteiger partial charge in [0.2, 0.25) is 0 Å². The molecule has 0 bridgehead atoms. The third-order valence-corrected chi connectivity index (χ3v) is 3.69. The minimum atomic E-state index is -0.566. The van der Waals surface area contributed by atoms with E-state index in [9.17, 15) is 5.11 Å². The van der Waals surface area contributed by atoms with Crippen LogP contribution in [0.1, 0.15) is 39.0 Å². The van der Waals surface area contributed by atoms with Crippen molar-refractivity contribution in [2.24, 2.45) is 17.6 Å². The molecule has 1 heterocycles. The zero-order valence-electron chi connectivity index (χ0n) is 10.7. The molecule has 2 atom stereocenters. The lowest BCUT2D eigenvalue weighted by molar-refractivity contribution is 0.0771. The SMILES string of the molecule is CCCn1ncc(Br)c1C(O)C(CN)C(C)C. The van der Waals surface area contributed by atoms with Gasteiger partial charge in [-0.15, -0.1) is 0 Å². The summed E-state index contributed by atoms with van der Waals surface area (Å²) >= 11 is 3.45. The van der Waals surface area contributed by atoms with Gasteiger partial charge in [-0.3, -0.25) is 4.68 Å². The average Bonchev–Trinajstić information content (AvgIpc) is 2.60. The Morgan fingerprint density at radius 1 is 1.53 bits per heavy atom. The monoisotopic (exact) mass is 303 g/mol. The molecule has 0 radical (unpaired) electrons. The first-order valence-electron chi connectivity index (χ1n) is 6.12. The lowest BCUT2D eigenvalue weighted by Crippen LogP contribution is -2.28. The molecule has 4 nitrogen and oxygen atoms in total. The third-order valence-electron chi connectivity index (χ3n) is 3.08. The molecule has 5 heteroatoms. The molecule has 0 spiro atoms. The van der Waals surface area contributed by atoms with Crippen molar-refractivity contribution >= 4 is 15.9 Å². The fourth-order valence-electron chi connectivity index (χ4n) is 2.02. The van der Waals surface area contributed by atoms with Crippen LogP contribution in [-0.2, 0) is 6.54 Å². The molecule has 0 aliphatic rings. The van der Waals surface area contributed by atoms with Crippen molar-refractivity contribution in [3.05, 3.63) is 16.4 Å². The van der Waals surface area contributed by atoms with Crippen LogP contribution >= 0.6 is 15.9 Å². The van der Waals surface area contributed by atoms with Crippen molar-refractivity contribution < 1.29 is 5.11 Å². The number of hydrogen-bond acceptors (Lipinski definition) is 3. The van der Waals surface area contributed by atoms with Gasteiger partial charge in [-0.05, 0) is 34.8 Å². The van der Waals surface area contributed by atoms with E-state index in [2.05, 4.69) is 41.8 Å². The number of halogens is 1. The molecule has 0 fully saturated rings. The molecule has 2 unspecified atom stereocenters. The number of aromatic nitrogens is 2. The van der Waals surface area contributed by atoms with Crippen molar-refractivity contribution in [1.29, 1.82) is 0 Å². The van der Waals surface area contributed by atoms with Gasteiger partial charge in [0.1, 0.15) is 6.10 Å².